The summed E-state index contributed by atoms with van der Waals surface area (Å²) in [5.41, 5.74) is 0. The number of sulfonamides is 1. The molecule has 2 aromatic rings. The standard InChI is InChI=1S/C14H16FN3O3S/c1-10-16-14(21-17-10)13-4-2-3-9-18(13)22(19,20)12-7-5-11(15)6-8-12/h5-8,13H,2-4,9H2,1H3. The fraction of sp³-hybridized carbons (Fsp3) is 0.429. The zero-order chi connectivity index (χ0) is 15.7. The number of rotatable bonds is 3. The Morgan fingerprint density at radius 2 is 2.00 bits per heavy atom. The second-order valence-corrected chi connectivity index (χ2v) is 7.15. The van der Waals surface area contributed by atoms with Crippen LogP contribution in [0.4, 0.5) is 4.39 Å². The van der Waals surface area contributed by atoms with Crippen molar-refractivity contribution in [1.29, 1.82) is 0 Å². The molecule has 1 fully saturated rings. The number of aromatic nitrogens is 2. The van der Waals surface area contributed by atoms with Crippen molar-refractivity contribution in [3.63, 3.8) is 0 Å². The lowest BCUT2D eigenvalue weighted by molar-refractivity contribution is 0.204. The van der Waals surface area contributed by atoms with Crippen LogP contribution in [0.15, 0.2) is 33.7 Å². The lowest BCUT2D eigenvalue weighted by atomic mass is 10.1. The van der Waals surface area contributed by atoms with E-state index in [1.807, 2.05) is 0 Å². The van der Waals surface area contributed by atoms with Gasteiger partial charge in [-0.05, 0) is 44.0 Å². The number of halogens is 1. The lowest BCUT2D eigenvalue weighted by Crippen LogP contribution is -2.38. The summed E-state index contributed by atoms with van der Waals surface area (Å²) in [6.45, 7) is 2.07. The summed E-state index contributed by atoms with van der Waals surface area (Å²) in [6.07, 6.45) is 2.29. The summed E-state index contributed by atoms with van der Waals surface area (Å²) in [7, 11) is -3.73. The van der Waals surface area contributed by atoms with Crippen LogP contribution >= 0.6 is 0 Å². The van der Waals surface area contributed by atoms with Gasteiger partial charge in [-0.1, -0.05) is 11.6 Å². The Kier molecular flexibility index (Phi) is 3.96. The van der Waals surface area contributed by atoms with E-state index in [0.717, 1.165) is 25.0 Å². The van der Waals surface area contributed by atoms with Crippen LogP contribution in [0.25, 0.3) is 0 Å². The van der Waals surface area contributed by atoms with E-state index in [4.69, 9.17) is 4.52 Å². The van der Waals surface area contributed by atoms with Crippen molar-refractivity contribution in [2.75, 3.05) is 6.54 Å². The first kappa shape index (κ1) is 15.1. The molecule has 8 heteroatoms. The molecular formula is C14H16FN3O3S. The summed E-state index contributed by atoms with van der Waals surface area (Å²) >= 11 is 0. The first-order valence-electron chi connectivity index (χ1n) is 7.06. The van der Waals surface area contributed by atoms with Gasteiger partial charge in [0.15, 0.2) is 5.82 Å². The van der Waals surface area contributed by atoms with E-state index in [2.05, 4.69) is 10.1 Å². The van der Waals surface area contributed by atoms with E-state index >= 15 is 0 Å². The van der Waals surface area contributed by atoms with Crippen molar-refractivity contribution in [1.82, 2.24) is 14.4 Å². The first-order valence-corrected chi connectivity index (χ1v) is 8.50. The molecule has 0 bridgehead atoms. The van der Waals surface area contributed by atoms with Crippen molar-refractivity contribution < 1.29 is 17.3 Å². The molecule has 1 aliphatic rings. The van der Waals surface area contributed by atoms with Gasteiger partial charge in [0.2, 0.25) is 15.9 Å². The molecule has 0 spiro atoms. The highest BCUT2D eigenvalue weighted by Gasteiger charge is 2.37. The van der Waals surface area contributed by atoms with Gasteiger partial charge in [-0.15, -0.1) is 0 Å². The molecule has 0 aliphatic carbocycles. The largest absolute Gasteiger partial charge is 0.338 e. The van der Waals surface area contributed by atoms with E-state index in [0.29, 0.717) is 24.7 Å². The van der Waals surface area contributed by atoms with Crippen molar-refractivity contribution >= 4 is 10.0 Å². The minimum atomic E-state index is -3.73. The molecule has 3 rings (SSSR count). The average Bonchev–Trinajstić information content (AvgIpc) is 2.94. The molecule has 0 radical (unpaired) electrons. The smallest absolute Gasteiger partial charge is 0.245 e. The number of hydrogen-bond acceptors (Lipinski definition) is 5. The summed E-state index contributed by atoms with van der Waals surface area (Å²) < 4.78 is 45.2. The van der Waals surface area contributed by atoms with Crippen LogP contribution in [0.1, 0.15) is 37.0 Å². The van der Waals surface area contributed by atoms with Crippen LogP contribution < -0.4 is 0 Å². The van der Waals surface area contributed by atoms with Crippen LogP contribution in [0.3, 0.4) is 0 Å². The van der Waals surface area contributed by atoms with Crippen LogP contribution in [0.5, 0.6) is 0 Å². The Hall–Kier alpha value is -1.80. The summed E-state index contributed by atoms with van der Waals surface area (Å²) in [4.78, 5) is 4.23. The van der Waals surface area contributed by atoms with Crippen molar-refractivity contribution in [2.24, 2.45) is 0 Å². The fourth-order valence-electron chi connectivity index (χ4n) is 2.63. The van der Waals surface area contributed by atoms with Gasteiger partial charge in [0.25, 0.3) is 0 Å². The fourth-order valence-corrected chi connectivity index (χ4v) is 4.28. The Morgan fingerprint density at radius 3 is 2.64 bits per heavy atom. The maximum atomic E-state index is 13.0. The quantitative estimate of drug-likeness (QED) is 0.866. The third-order valence-electron chi connectivity index (χ3n) is 3.70. The zero-order valence-corrected chi connectivity index (χ0v) is 12.9. The molecule has 6 nitrogen and oxygen atoms in total. The Morgan fingerprint density at radius 1 is 1.27 bits per heavy atom. The molecule has 1 aromatic heterocycles. The predicted octanol–water partition coefficient (Wildman–Crippen LogP) is 2.43. The van der Waals surface area contributed by atoms with Gasteiger partial charge in [0.1, 0.15) is 11.9 Å². The van der Waals surface area contributed by atoms with Gasteiger partial charge in [0.05, 0.1) is 4.90 Å². The molecule has 1 aliphatic heterocycles. The van der Waals surface area contributed by atoms with Crippen molar-refractivity contribution in [3.8, 4) is 0 Å². The molecule has 0 amide bonds. The summed E-state index contributed by atoms with van der Waals surface area (Å²) in [5, 5.41) is 3.74. The third kappa shape index (κ3) is 2.76. The zero-order valence-electron chi connectivity index (χ0n) is 12.1. The Balaban J connectivity index is 1.97. The van der Waals surface area contributed by atoms with Crippen LogP contribution in [-0.2, 0) is 10.0 Å². The van der Waals surface area contributed by atoms with Crippen LogP contribution in [0.2, 0.25) is 0 Å². The molecule has 118 valence electrons. The molecule has 1 aromatic carbocycles. The normalized spacial score (nSPS) is 20.2. The van der Waals surface area contributed by atoms with E-state index < -0.39 is 21.9 Å². The van der Waals surface area contributed by atoms with Gasteiger partial charge in [-0.25, -0.2) is 12.8 Å². The second kappa shape index (κ2) is 5.77. The van der Waals surface area contributed by atoms with Crippen molar-refractivity contribution in [3.05, 3.63) is 41.8 Å². The van der Waals surface area contributed by atoms with E-state index in [1.165, 1.54) is 16.4 Å². The average molecular weight is 325 g/mol. The number of piperidine rings is 1. The molecule has 1 atom stereocenters. The number of benzene rings is 1. The van der Waals surface area contributed by atoms with E-state index in [1.54, 1.807) is 6.92 Å². The maximum Gasteiger partial charge on any atom is 0.245 e. The third-order valence-corrected chi connectivity index (χ3v) is 5.62. The summed E-state index contributed by atoms with van der Waals surface area (Å²) in [6, 6.07) is 4.36. The number of hydrogen-bond donors (Lipinski definition) is 0. The monoisotopic (exact) mass is 325 g/mol. The van der Waals surface area contributed by atoms with Crippen LogP contribution in [-0.4, -0.2) is 29.4 Å². The lowest BCUT2D eigenvalue weighted by Gasteiger charge is -2.32. The van der Waals surface area contributed by atoms with E-state index in [-0.39, 0.29) is 4.90 Å². The van der Waals surface area contributed by atoms with Gasteiger partial charge in [-0.2, -0.15) is 9.29 Å². The first-order chi connectivity index (χ1) is 10.5. The minimum absolute atomic E-state index is 0.0667. The highest BCUT2D eigenvalue weighted by Crippen LogP contribution is 2.34. The topological polar surface area (TPSA) is 76.3 Å². The van der Waals surface area contributed by atoms with Gasteiger partial charge in [-0.3, -0.25) is 0 Å². The van der Waals surface area contributed by atoms with Gasteiger partial charge in [0, 0.05) is 6.54 Å². The maximum absolute atomic E-state index is 13.0. The Bertz CT molecular complexity index is 758. The van der Waals surface area contributed by atoms with Gasteiger partial charge >= 0.3 is 0 Å². The predicted molar refractivity (Wildman–Crippen MR) is 75.9 cm³/mol. The molecule has 22 heavy (non-hydrogen) atoms. The SMILES string of the molecule is Cc1noc(C2CCCCN2S(=O)(=O)c2ccc(F)cc2)n1. The molecule has 1 unspecified atom stereocenters. The number of aryl methyl sites for hydroxylation is 1. The molecule has 2 heterocycles. The minimum Gasteiger partial charge on any atom is -0.338 e. The second-order valence-electron chi connectivity index (χ2n) is 5.26. The number of nitrogens with zero attached hydrogens (tertiary/aromatic N) is 3. The Labute approximate surface area is 128 Å². The van der Waals surface area contributed by atoms with Crippen molar-refractivity contribution in [2.45, 2.75) is 37.1 Å². The highest BCUT2D eigenvalue weighted by molar-refractivity contribution is 7.89. The molecule has 0 saturated carbocycles. The summed E-state index contributed by atoms with van der Waals surface area (Å²) in [5.74, 6) is 0.310. The molecular weight excluding hydrogens is 309 g/mol. The highest BCUT2D eigenvalue weighted by atomic mass is 32.2. The van der Waals surface area contributed by atoms with Gasteiger partial charge < -0.3 is 4.52 Å². The molecule has 1 saturated heterocycles. The van der Waals surface area contributed by atoms with Crippen LogP contribution in [0, 0.1) is 12.7 Å². The van der Waals surface area contributed by atoms with E-state index in [9.17, 15) is 12.8 Å². The molecule has 0 N–H and O–H groups in total.